The Labute approximate surface area is 117 Å². The molecular formula is C14H9BrN2O2. The third-order valence-corrected chi connectivity index (χ3v) is 3.14. The molecule has 94 valence electrons. The van der Waals surface area contributed by atoms with Crippen LogP contribution in [0.3, 0.4) is 0 Å². The average molecular weight is 317 g/mol. The second-order valence-electron chi connectivity index (χ2n) is 4.00. The van der Waals surface area contributed by atoms with Crippen LogP contribution in [0.5, 0.6) is 0 Å². The lowest BCUT2D eigenvalue weighted by molar-refractivity contribution is 0.102. The summed E-state index contributed by atoms with van der Waals surface area (Å²) >= 11 is 3.38. The van der Waals surface area contributed by atoms with E-state index in [0.29, 0.717) is 11.3 Å². The Bertz CT molecular complexity index is 738. The highest BCUT2D eigenvalue weighted by Crippen LogP contribution is 2.24. The summed E-state index contributed by atoms with van der Waals surface area (Å²) in [5, 5.41) is 3.79. The minimum Gasteiger partial charge on any atom is -0.472 e. The molecule has 3 rings (SSSR count). The fraction of sp³-hybridized carbons (Fsp3) is 0. The number of halogens is 1. The lowest BCUT2D eigenvalue weighted by Crippen LogP contribution is -2.11. The van der Waals surface area contributed by atoms with E-state index >= 15 is 0 Å². The molecule has 5 heteroatoms. The van der Waals surface area contributed by atoms with Gasteiger partial charge in [-0.25, -0.2) is 0 Å². The van der Waals surface area contributed by atoms with E-state index in [2.05, 4.69) is 26.2 Å². The molecule has 19 heavy (non-hydrogen) atoms. The second-order valence-corrected chi connectivity index (χ2v) is 4.91. The van der Waals surface area contributed by atoms with Crippen LogP contribution in [0.4, 0.5) is 5.69 Å². The van der Waals surface area contributed by atoms with Crippen LogP contribution in [0.25, 0.3) is 10.9 Å². The summed E-state index contributed by atoms with van der Waals surface area (Å²) in [5.41, 5.74) is 1.91. The Balaban J connectivity index is 1.99. The molecule has 1 N–H and O–H groups in total. The van der Waals surface area contributed by atoms with Gasteiger partial charge in [0.2, 0.25) is 0 Å². The molecule has 0 bridgehead atoms. The van der Waals surface area contributed by atoms with Gasteiger partial charge in [0.25, 0.3) is 5.91 Å². The molecule has 0 saturated heterocycles. The Morgan fingerprint density at radius 3 is 3.00 bits per heavy atom. The van der Waals surface area contributed by atoms with E-state index in [4.69, 9.17) is 4.42 Å². The van der Waals surface area contributed by atoms with Crippen LogP contribution in [0.15, 0.2) is 57.9 Å². The highest BCUT2D eigenvalue weighted by Gasteiger charge is 2.10. The van der Waals surface area contributed by atoms with E-state index in [9.17, 15) is 4.79 Å². The number of nitrogens with one attached hydrogen (secondary N) is 1. The first-order valence-corrected chi connectivity index (χ1v) is 6.41. The van der Waals surface area contributed by atoms with Crippen molar-refractivity contribution in [2.75, 3.05) is 5.32 Å². The number of hydrogen-bond acceptors (Lipinski definition) is 3. The Kier molecular flexibility index (Phi) is 3.05. The van der Waals surface area contributed by atoms with Gasteiger partial charge >= 0.3 is 0 Å². The van der Waals surface area contributed by atoms with Crippen LogP contribution in [-0.2, 0) is 0 Å². The number of nitrogens with zero attached hydrogens (tertiary/aromatic N) is 1. The van der Waals surface area contributed by atoms with Gasteiger partial charge in [-0.05, 0) is 34.1 Å². The maximum atomic E-state index is 12.0. The van der Waals surface area contributed by atoms with Crippen molar-refractivity contribution in [3.63, 3.8) is 0 Å². The van der Waals surface area contributed by atoms with E-state index in [-0.39, 0.29) is 5.91 Å². The van der Waals surface area contributed by atoms with Crippen LogP contribution in [0.2, 0.25) is 0 Å². The van der Waals surface area contributed by atoms with Crippen molar-refractivity contribution in [3.05, 3.63) is 59.1 Å². The summed E-state index contributed by atoms with van der Waals surface area (Å²) in [4.78, 5) is 16.3. The number of furan rings is 1. The van der Waals surface area contributed by atoms with E-state index in [1.54, 1.807) is 12.3 Å². The van der Waals surface area contributed by atoms with Gasteiger partial charge in [-0.3, -0.25) is 9.78 Å². The molecular weight excluding hydrogens is 308 g/mol. The smallest absolute Gasteiger partial charge is 0.258 e. The topological polar surface area (TPSA) is 55.1 Å². The number of rotatable bonds is 2. The van der Waals surface area contributed by atoms with E-state index in [1.807, 2.05) is 24.3 Å². The first-order valence-electron chi connectivity index (χ1n) is 5.62. The standard InChI is InChI=1S/C14H9BrN2O2/c15-11-6-9-2-1-3-12(13(9)16-7-11)17-14(18)10-4-5-19-8-10/h1-8H,(H,17,18). The van der Waals surface area contributed by atoms with Crippen molar-refractivity contribution in [2.24, 2.45) is 0 Å². The molecule has 0 fully saturated rings. The molecule has 0 atom stereocenters. The van der Waals surface area contributed by atoms with Crippen LogP contribution in [0, 0.1) is 0 Å². The van der Waals surface area contributed by atoms with Crippen LogP contribution in [0.1, 0.15) is 10.4 Å². The Morgan fingerprint density at radius 1 is 1.32 bits per heavy atom. The Morgan fingerprint density at radius 2 is 2.21 bits per heavy atom. The molecule has 0 spiro atoms. The molecule has 0 aliphatic rings. The van der Waals surface area contributed by atoms with Gasteiger partial charge < -0.3 is 9.73 Å². The van der Waals surface area contributed by atoms with Crippen LogP contribution >= 0.6 is 15.9 Å². The molecule has 0 radical (unpaired) electrons. The van der Waals surface area contributed by atoms with E-state index in [1.165, 1.54) is 12.5 Å². The molecule has 0 saturated carbocycles. The fourth-order valence-electron chi connectivity index (χ4n) is 1.82. The largest absolute Gasteiger partial charge is 0.472 e. The minimum absolute atomic E-state index is 0.217. The van der Waals surface area contributed by atoms with Gasteiger partial charge in [-0.2, -0.15) is 0 Å². The first kappa shape index (κ1) is 11.9. The molecule has 0 unspecified atom stereocenters. The van der Waals surface area contributed by atoms with E-state index < -0.39 is 0 Å². The van der Waals surface area contributed by atoms with Crippen LogP contribution < -0.4 is 5.32 Å². The highest BCUT2D eigenvalue weighted by atomic mass is 79.9. The minimum atomic E-state index is -0.217. The van der Waals surface area contributed by atoms with Gasteiger partial charge in [-0.15, -0.1) is 0 Å². The average Bonchev–Trinajstić information content (AvgIpc) is 2.92. The predicted octanol–water partition coefficient (Wildman–Crippen LogP) is 3.84. The first-order chi connectivity index (χ1) is 9.24. The number of hydrogen-bond donors (Lipinski definition) is 1. The van der Waals surface area contributed by atoms with Crippen molar-refractivity contribution < 1.29 is 9.21 Å². The highest BCUT2D eigenvalue weighted by molar-refractivity contribution is 9.10. The van der Waals surface area contributed by atoms with Crippen molar-refractivity contribution >= 4 is 38.4 Å². The lowest BCUT2D eigenvalue weighted by Gasteiger charge is -2.07. The molecule has 1 amide bonds. The summed E-state index contributed by atoms with van der Waals surface area (Å²) in [6.07, 6.45) is 4.58. The fourth-order valence-corrected chi connectivity index (χ4v) is 2.17. The number of carbonyl (C=O) groups is 1. The summed E-state index contributed by atoms with van der Waals surface area (Å²) in [6, 6.07) is 9.21. The zero-order chi connectivity index (χ0) is 13.2. The van der Waals surface area contributed by atoms with Gasteiger partial charge in [0.05, 0.1) is 23.0 Å². The van der Waals surface area contributed by atoms with E-state index in [0.717, 1.165) is 15.4 Å². The summed E-state index contributed by atoms with van der Waals surface area (Å²) in [7, 11) is 0. The zero-order valence-corrected chi connectivity index (χ0v) is 11.3. The summed E-state index contributed by atoms with van der Waals surface area (Å²) in [6.45, 7) is 0. The Hall–Kier alpha value is -2.14. The molecule has 3 aromatic rings. The number of benzene rings is 1. The summed E-state index contributed by atoms with van der Waals surface area (Å²) in [5.74, 6) is -0.217. The number of aromatic nitrogens is 1. The quantitative estimate of drug-likeness (QED) is 0.781. The number of pyridine rings is 1. The van der Waals surface area contributed by atoms with Gasteiger partial charge in [-0.1, -0.05) is 12.1 Å². The third-order valence-electron chi connectivity index (χ3n) is 2.71. The molecule has 4 nitrogen and oxygen atoms in total. The zero-order valence-electron chi connectivity index (χ0n) is 9.76. The van der Waals surface area contributed by atoms with Crippen molar-refractivity contribution in [1.29, 1.82) is 0 Å². The summed E-state index contributed by atoms with van der Waals surface area (Å²) < 4.78 is 5.80. The van der Waals surface area contributed by atoms with Gasteiger partial charge in [0, 0.05) is 16.1 Å². The normalized spacial score (nSPS) is 10.6. The molecule has 1 aromatic carbocycles. The van der Waals surface area contributed by atoms with Crippen molar-refractivity contribution in [1.82, 2.24) is 4.98 Å². The number of amides is 1. The van der Waals surface area contributed by atoms with Crippen LogP contribution in [-0.4, -0.2) is 10.9 Å². The van der Waals surface area contributed by atoms with Gasteiger partial charge in [0.1, 0.15) is 6.26 Å². The second kappa shape index (κ2) is 4.85. The molecule has 0 aliphatic heterocycles. The number of para-hydroxylation sites is 1. The predicted molar refractivity (Wildman–Crippen MR) is 76.1 cm³/mol. The molecule has 0 aliphatic carbocycles. The SMILES string of the molecule is O=C(Nc1cccc2cc(Br)cnc12)c1ccoc1. The number of carbonyl (C=O) groups excluding carboxylic acids is 1. The third kappa shape index (κ3) is 2.37. The van der Waals surface area contributed by atoms with Crippen molar-refractivity contribution in [3.8, 4) is 0 Å². The molecule has 2 heterocycles. The molecule has 2 aromatic heterocycles. The number of fused-ring (bicyclic) bond motifs is 1. The van der Waals surface area contributed by atoms with Gasteiger partial charge in [0.15, 0.2) is 0 Å². The number of anilines is 1. The lowest BCUT2D eigenvalue weighted by atomic mass is 10.2. The maximum absolute atomic E-state index is 12.0. The monoisotopic (exact) mass is 316 g/mol. The van der Waals surface area contributed by atoms with Crippen molar-refractivity contribution in [2.45, 2.75) is 0 Å². The maximum Gasteiger partial charge on any atom is 0.258 e.